The van der Waals surface area contributed by atoms with Gasteiger partial charge in [-0.25, -0.2) is 9.37 Å². The Bertz CT molecular complexity index is 1250. The number of nitrogens with zero attached hydrogens (tertiary/aromatic N) is 1. The molecule has 2 aromatic heterocycles. The third-order valence-electron chi connectivity index (χ3n) is 4.20. The molecular formula is C20H14ClFN4O3. The van der Waals surface area contributed by atoms with E-state index in [1.165, 1.54) is 24.4 Å². The van der Waals surface area contributed by atoms with Crippen LogP contribution in [-0.2, 0) is 6.61 Å². The molecule has 4 aromatic rings. The molecule has 0 aliphatic heterocycles. The zero-order chi connectivity index (χ0) is 20.4. The maximum Gasteiger partial charge on any atom is 0.273 e. The van der Waals surface area contributed by atoms with Crippen LogP contribution in [0.4, 0.5) is 10.1 Å². The van der Waals surface area contributed by atoms with E-state index in [-0.39, 0.29) is 39.6 Å². The van der Waals surface area contributed by atoms with Gasteiger partial charge in [0.2, 0.25) is 0 Å². The predicted octanol–water partition coefficient (Wildman–Crippen LogP) is 3.88. The van der Waals surface area contributed by atoms with Gasteiger partial charge in [-0.1, -0.05) is 41.9 Å². The molecule has 4 rings (SSSR count). The number of carbonyl (C=O) groups is 1. The Morgan fingerprint density at radius 3 is 2.76 bits per heavy atom. The van der Waals surface area contributed by atoms with Crippen LogP contribution >= 0.6 is 11.6 Å². The van der Waals surface area contributed by atoms with Crippen molar-refractivity contribution in [3.63, 3.8) is 0 Å². The molecule has 0 atom stereocenters. The molecule has 2 aromatic carbocycles. The molecule has 2 heterocycles. The number of H-pyrrole nitrogens is 2. The van der Waals surface area contributed by atoms with Crippen LogP contribution < -0.4 is 15.6 Å². The Hall–Kier alpha value is -3.65. The first-order valence-corrected chi connectivity index (χ1v) is 8.93. The van der Waals surface area contributed by atoms with Crippen molar-refractivity contribution in [1.82, 2.24) is 15.2 Å². The lowest BCUT2D eigenvalue weighted by molar-refractivity contribution is 0.102. The molecule has 0 aliphatic rings. The van der Waals surface area contributed by atoms with E-state index in [2.05, 4.69) is 20.5 Å². The van der Waals surface area contributed by atoms with E-state index >= 15 is 0 Å². The summed E-state index contributed by atoms with van der Waals surface area (Å²) in [5.74, 6) is -1.76. The summed E-state index contributed by atoms with van der Waals surface area (Å²) >= 11 is 6.05. The number of fused-ring (bicyclic) bond motifs is 1. The molecule has 0 bridgehead atoms. The smallest absolute Gasteiger partial charge is 0.273 e. The number of ether oxygens (including phenoxy) is 1. The van der Waals surface area contributed by atoms with Gasteiger partial charge >= 0.3 is 0 Å². The lowest BCUT2D eigenvalue weighted by atomic mass is 10.1. The molecule has 146 valence electrons. The summed E-state index contributed by atoms with van der Waals surface area (Å²) in [4.78, 5) is 28.3. The van der Waals surface area contributed by atoms with Crippen molar-refractivity contribution in [2.45, 2.75) is 6.61 Å². The van der Waals surface area contributed by atoms with Gasteiger partial charge in [0, 0.05) is 0 Å². The summed E-state index contributed by atoms with van der Waals surface area (Å²) in [7, 11) is 0. The standard InChI is InChI=1S/C20H14ClFN4O3/c21-14-6-7-15(29-10-11-4-2-1-3-5-11)17(22)16(14)20(28)24-12-8-13-18(23-9-12)25-26-19(13)27/h1-9H,10H2,(H,24,28)(H2,23,25,26,27). The highest BCUT2D eigenvalue weighted by Gasteiger charge is 2.21. The number of amides is 1. The van der Waals surface area contributed by atoms with Crippen molar-refractivity contribution in [2.24, 2.45) is 0 Å². The van der Waals surface area contributed by atoms with E-state index in [4.69, 9.17) is 16.3 Å². The molecule has 0 saturated carbocycles. The maximum atomic E-state index is 14.9. The van der Waals surface area contributed by atoms with Crippen LogP contribution in [-0.4, -0.2) is 21.1 Å². The Morgan fingerprint density at radius 1 is 1.17 bits per heavy atom. The van der Waals surface area contributed by atoms with Crippen LogP contribution in [0.3, 0.4) is 0 Å². The second-order valence-corrected chi connectivity index (χ2v) is 6.57. The lowest BCUT2D eigenvalue weighted by Gasteiger charge is -2.12. The average Bonchev–Trinajstić information content (AvgIpc) is 3.08. The number of benzene rings is 2. The average molecular weight is 413 g/mol. The zero-order valence-electron chi connectivity index (χ0n) is 14.8. The molecule has 0 saturated heterocycles. The van der Waals surface area contributed by atoms with Crippen molar-refractivity contribution >= 4 is 34.2 Å². The summed E-state index contributed by atoms with van der Waals surface area (Å²) in [5.41, 5.74) is 0.667. The van der Waals surface area contributed by atoms with Gasteiger partial charge in [-0.3, -0.25) is 19.8 Å². The SMILES string of the molecule is O=C(Nc1cnc2[nH][nH]c(=O)c2c1)c1c(Cl)ccc(OCc2ccccc2)c1F. The Kier molecular flexibility index (Phi) is 5.01. The highest BCUT2D eigenvalue weighted by Crippen LogP contribution is 2.29. The summed E-state index contributed by atoms with van der Waals surface area (Å²) in [5, 5.41) is 7.67. The molecular weight excluding hydrogens is 399 g/mol. The van der Waals surface area contributed by atoms with Crippen molar-refractivity contribution < 1.29 is 13.9 Å². The maximum absolute atomic E-state index is 14.9. The predicted molar refractivity (Wildman–Crippen MR) is 107 cm³/mol. The molecule has 3 N–H and O–H groups in total. The first-order chi connectivity index (χ1) is 14.0. The number of anilines is 1. The molecule has 0 unspecified atom stereocenters. The number of carbonyl (C=O) groups excluding carboxylic acids is 1. The van der Waals surface area contributed by atoms with E-state index in [1.54, 1.807) is 0 Å². The number of halogens is 2. The fraction of sp³-hybridized carbons (Fsp3) is 0.0500. The van der Waals surface area contributed by atoms with Gasteiger partial charge in [0.25, 0.3) is 11.5 Å². The Morgan fingerprint density at radius 2 is 1.97 bits per heavy atom. The zero-order valence-corrected chi connectivity index (χ0v) is 15.6. The molecule has 7 nitrogen and oxygen atoms in total. The minimum absolute atomic E-state index is 0.0689. The van der Waals surface area contributed by atoms with Gasteiger partial charge in [-0.15, -0.1) is 0 Å². The van der Waals surface area contributed by atoms with Gasteiger partial charge in [-0.2, -0.15) is 0 Å². The molecule has 1 amide bonds. The minimum Gasteiger partial charge on any atom is -0.486 e. The molecule has 29 heavy (non-hydrogen) atoms. The van der Waals surface area contributed by atoms with Gasteiger partial charge in [-0.05, 0) is 23.8 Å². The van der Waals surface area contributed by atoms with Crippen molar-refractivity contribution in [3.8, 4) is 5.75 Å². The van der Waals surface area contributed by atoms with Gasteiger partial charge in [0.1, 0.15) is 6.61 Å². The fourth-order valence-corrected chi connectivity index (χ4v) is 3.00. The number of pyridine rings is 1. The number of nitrogens with one attached hydrogen (secondary N) is 3. The first kappa shape index (κ1) is 18.7. The number of aromatic amines is 2. The molecule has 0 fully saturated rings. The topological polar surface area (TPSA) is 99.9 Å². The van der Waals surface area contributed by atoms with E-state index in [1.807, 2.05) is 30.3 Å². The molecule has 0 aliphatic carbocycles. The van der Waals surface area contributed by atoms with Gasteiger partial charge in [0.15, 0.2) is 17.2 Å². The van der Waals surface area contributed by atoms with Crippen LogP contribution in [0.5, 0.6) is 5.75 Å². The number of rotatable bonds is 5. The van der Waals surface area contributed by atoms with E-state index in [0.29, 0.717) is 5.65 Å². The van der Waals surface area contributed by atoms with Crippen LogP contribution in [0.25, 0.3) is 11.0 Å². The Labute approximate surface area is 168 Å². The summed E-state index contributed by atoms with van der Waals surface area (Å²) in [6, 6.07) is 13.4. The van der Waals surface area contributed by atoms with Crippen LogP contribution in [0.2, 0.25) is 5.02 Å². The van der Waals surface area contributed by atoms with Crippen molar-refractivity contribution in [1.29, 1.82) is 0 Å². The molecule has 0 spiro atoms. The van der Waals surface area contributed by atoms with Crippen LogP contribution in [0.15, 0.2) is 59.5 Å². The van der Waals surface area contributed by atoms with Gasteiger partial charge < -0.3 is 10.1 Å². The van der Waals surface area contributed by atoms with Crippen molar-refractivity contribution in [3.05, 3.63) is 87.0 Å². The summed E-state index contributed by atoms with van der Waals surface area (Å²) in [6.07, 6.45) is 1.34. The fourth-order valence-electron chi connectivity index (χ4n) is 2.77. The minimum atomic E-state index is -0.875. The lowest BCUT2D eigenvalue weighted by Crippen LogP contribution is -2.15. The third-order valence-corrected chi connectivity index (χ3v) is 4.52. The van der Waals surface area contributed by atoms with E-state index in [9.17, 15) is 14.0 Å². The van der Waals surface area contributed by atoms with Crippen molar-refractivity contribution in [2.75, 3.05) is 5.32 Å². The first-order valence-electron chi connectivity index (χ1n) is 8.55. The normalized spacial score (nSPS) is 10.8. The Balaban J connectivity index is 1.58. The molecule has 9 heteroatoms. The third kappa shape index (κ3) is 3.83. The number of hydrogen-bond donors (Lipinski definition) is 3. The van der Waals surface area contributed by atoms with E-state index < -0.39 is 11.7 Å². The number of aromatic nitrogens is 3. The summed E-state index contributed by atoms with van der Waals surface area (Å²) in [6.45, 7) is 0.136. The second-order valence-electron chi connectivity index (χ2n) is 6.16. The summed E-state index contributed by atoms with van der Waals surface area (Å²) < 4.78 is 20.4. The van der Waals surface area contributed by atoms with E-state index in [0.717, 1.165) is 5.56 Å². The number of hydrogen-bond acceptors (Lipinski definition) is 4. The molecule has 0 radical (unpaired) electrons. The second kappa shape index (κ2) is 7.76. The van der Waals surface area contributed by atoms with Gasteiger partial charge in [0.05, 0.1) is 27.9 Å². The quantitative estimate of drug-likeness (QED) is 0.463. The monoisotopic (exact) mass is 412 g/mol. The largest absolute Gasteiger partial charge is 0.486 e. The van der Waals surface area contributed by atoms with Crippen LogP contribution in [0, 0.1) is 5.82 Å². The van der Waals surface area contributed by atoms with Crippen LogP contribution in [0.1, 0.15) is 15.9 Å². The highest BCUT2D eigenvalue weighted by molar-refractivity contribution is 6.34. The highest BCUT2D eigenvalue weighted by atomic mass is 35.5.